The Morgan fingerprint density at radius 1 is 1.21 bits per heavy atom. The molecule has 6 nitrogen and oxygen atoms in total. The van der Waals surface area contributed by atoms with E-state index in [4.69, 9.17) is 13.9 Å². The fourth-order valence-electron chi connectivity index (χ4n) is 2.99. The molecule has 148 valence electrons. The summed E-state index contributed by atoms with van der Waals surface area (Å²) in [5.74, 6) is 1.98. The second kappa shape index (κ2) is 8.36. The number of furan rings is 1. The number of ether oxygens (including phenoxy) is 2. The number of thiazole rings is 1. The lowest BCUT2D eigenvalue weighted by Crippen LogP contribution is -2.14. The van der Waals surface area contributed by atoms with Crippen LogP contribution in [0, 0.1) is 0 Å². The number of carbonyl (C=O) groups is 1. The van der Waals surface area contributed by atoms with E-state index in [1.807, 2.05) is 60.8 Å². The molecule has 2 aromatic heterocycles. The van der Waals surface area contributed by atoms with E-state index >= 15 is 0 Å². The molecule has 0 spiro atoms. The van der Waals surface area contributed by atoms with E-state index in [1.165, 1.54) is 11.3 Å². The summed E-state index contributed by atoms with van der Waals surface area (Å²) in [6.07, 6.45) is 0.267. The Labute approximate surface area is 172 Å². The number of aromatic nitrogens is 1. The first kappa shape index (κ1) is 19.0. The molecule has 1 amide bonds. The normalized spacial score (nSPS) is 10.8. The van der Waals surface area contributed by atoms with Crippen molar-refractivity contribution in [1.29, 1.82) is 0 Å². The second-order valence-corrected chi connectivity index (χ2v) is 7.19. The number of amides is 1. The topological polar surface area (TPSA) is 73.6 Å². The van der Waals surface area contributed by atoms with Crippen LogP contribution in [0.25, 0.3) is 22.4 Å². The summed E-state index contributed by atoms with van der Waals surface area (Å²) >= 11 is 1.36. The summed E-state index contributed by atoms with van der Waals surface area (Å²) in [7, 11) is 1.61. The van der Waals surface area contributed by atoms with Gasteiger partial charge in [0.2, 0.25) is 5.91 Å². The Morgan fingerprint density at radius 2 is 2.03 bits per heavy atom. The molecular weight excluding hydrogens is 388 g/mol. The maximum Gasteiger partial charge on any atom is 0.230 e. The Hall–Kier alpha value is -3.32. The van der Waals surface area contributed by atoms with Crippen molar-refractivity contribution >= 4 is 33.3 Å². The van der Waals surface area contributed by atoms with E-state index in [0.717, 1.165) is 16.7 Å². The first-order valence-corrected chi connectivity index (χ1v) is 10.1. The van der Waals surface area contributed by atoms with E-state index in [9.17, 15) is 4.79 Å². The smallest absolute Gasteiger partial charge is 0.230 e. The molecule has 0 fully saturated rings. The molecule has 2 heterocycles. The van der Waals surface area contributed by atoms with E-state index < -0.39 is 0 Å². The highest BCUT2D eigenvalue weighted by Crippen LogP contribution is 2.34. The first-order valence-electron chi connectivity index (χ1n) is 9.20. The van der Waals surface area contributed by atoms with Gasteiger partial charge in [-0.3, -0.25) is 4.79 Å². The predicted molar refractivity (Wildman–Crippen MR) is 114 cm³/mol. The van der Waals surface area contributed by atoms with E-state index in [1.54, 1.807) is 7.11 Å². The number of rotatable bonds is 7. The molecule has 1 N–H and O–H groups in total. The van der Waals surface area contributed by atoms with Crippen LogP contribution in [-0.2, 0) is 11.2 Å². The summed E-state index contributed by atoms with van der Waals surface area (Å²) < 4.78 is 16.7. The number of nitrogens with zero attached hydrogens (tertiary/aromatic N) is 1. The van der Waals surface area contributed by atoms with Gasteiger partial charge in [-0.05, 0) is 36.8 Å². The van der Waals surface area contributed by atoms with Crippen molar-refractivity contribution in [1.82, 2.24) is 4.98 Å². The van der Waals surface area contributed by atoms with Crippen LogP contribution in [0.5, 0.6) is 11.5 Å². The Balaban J connectivity index is 1.44. The van der Waals surface area contributed by atoms with Crippen LogP contribution in [-0.4, -0.2) is 24.6 Å². The third-order valence-electron chi connectivity index (χ3n) is 4.33. The van der Waals surface area contributed by atoms with Crippen molar-refractivity contribution < 1.29 is 18.7 Å². The van der Waals surface area contributed by atoms with Gasteiger partial charge in [0.15, 0.2) is 22.2 Å². The fraction of sp³-hybridized carbons (Fsp3) is 0.182. The zero-order valence-corrected chi connectivity index (χ0v) is 16.9. The number of methoxy groups -OCH3 is 1. The summed E-state index contributed by atoms with van der Waals surface area (Å²) in [5.41, 5.74) is 2.26. The Bertz CT molecular complexity index is 1130. The minimum Gasteiger partial charge on any atom is -0.494 e. The van der Waals surface area contributed by atoms with Gasteiger partial charge in [-0.25, -0.2) is 4.98 Å². The van der Waals surface area contributed by atoms with Gasteiger partial charge in [0.05, 0.1) is 20.1 Å². The fourth-order valence-corrected chi connectivity index (χ4v) is 3.70. The largest absolute Gasteiger partial charge is 0.494 e. The molecule has 0 aliphatic rings. The average Bonchev–Trinajstić information content (AvgIpc) is 3.36. The minimum atomic E-state index is -0.124. The van der Waals surface area contributed by atoms with Gasteiger partial charge in [0.1, 0.15) is 11.4 Å². The van der Waals surface area contributed by atoms with E-state index in [0.29, 0.717) is 34.5 Å². The number of hydrogen-bond acceptors (Lipinski definition) is 6. The lowest BCUT2D eigenvalue weighted by molar-refractivity contribution is -0.115. The van der Waals surface area contributed by atoms with Crippen molar-refractivity contribution in [3.05, 3.63) is 59.5 Å². The molecule has 4 rings (SSSR count). The van der Waals surface area contributed by atoms with Crippen LogP contribution in [0.3, 0.4) is 0 Å². The molecule has 4 aromatic rings. The van der Waals surface area contributed by atoms with Crippen molar-refractivity contribution in [3.63, 3.8) is 0 Å². The number of para-hydroxylation sites is 1. The predicted octanol–water partition coefficient (Wildman–Crippen LogP) is 5.14. The first-order chi connectivity index (χ1) is 14.2. The highest BCUT2D eigenvalue weighted by atomic mass is 32.1. The molecule has 0 saturated heterocycles. The highest BCUT2D eigenvalue weighted by molar-refractivity contribution is 7.14. The molecule has 0 radical (unpaired) electrons. The number of hydrogen-bond donors (Lipinski definition) is 1. The van der Waals surface area contributed by atoms with Gasteiger partial charge in [0.25, 0.3) is 0 Å². The molecule has 0 atom stereocenters. The summed E-state index contributed by atoms with van der Waals surface area (Å²) in [4.78, 5) is 16.8. The molecular formula is C22H20N2O4S. The van der Waals surface area contributed by atoms with Crippen molar-refractivity contribution in [2.75, 3.05) is 19.0 Å². The Morgan fingerprint density at radius 3 is 2.79 bits per heavy atom. The molecule has 2 aromatic carbocycles. The molecule has 29 heavy (non-hydrogen) atoms. The van der Waals surface area contributed by atoms with Gasteiger partial charge in [-0.1, -0.05) is 24.3 Å². The van der Waals surface area contributed by atoms with Crippen molar-refractivity contribution in [2.24, 2.45) is 0 Å². The maximum atomic E-state index is 12.3. The molecule has 0 unspecified atom stereocenters. The number of carbonyl (C=O) groups excluding carboxylic acids is 1. The standard InChI is InChI=1S/C22H20N2O4S/c1-3-27-16-9-7-14(8-10-16)11-20(25)24-22-23-17(13-29-22)19-12-15-5-4-6-18(26-2)21(15)28-19/h4-10,12-13H,3,11H2,1-2H3,(H,23,24,25). The molecule has 0 aliphatic carbocycles. The van der Waals surface area contributed by atoms with Crippen LogP contribution in [0.4, 0.5) is 5.13 Å². The zero-order valence-electron chi connectivity index (χ0n) is 16.1. The van der Waals surface area contributed by atoms with Gasteiger partial charge in [-0.15, -0.1) is 11.3 Å². The lowest BCUT2D eigenvalue weighted by Gasteiger charge is -2.05. The minimum absolute atomic E-state index is 0.124. The van der Waals surface area contributed by atoms with Gasteiger partial charge >= 0.3 is 0 Å². The quantitative estimate of drug-likeness (QED) is 0.458. The monoisotopic (exact) mass is 408 g/mol. The zero-order chi connectivity index (χ0) is 20.2. The molecule has 0 aliphatic heterocycles. The van der Waals surface area contributed by atoms with Crippen LogP contribution >= 0.6 is 11.3 Å². The maximum absolute atomic E-state index is 12.3. The summed E-state index contributed by atoms with van der Waals surface area (Å²) in [6, 6.07) is 15.1. The van der Waals surface area contributed by atoms with Crippen LogP contribution in [0.2, 0.25) is 0 Å². The van der Waals surface area contributed by atoms with Crippen LogP contribution in [0.1, 0.15) is 12.5 Å². The lowest BCUT2D eigenvalue weighted by atomic mass is 10.1. The van der Waals surface area contributed by atoms with Gasteiger partial charge < -0.3 is 19.2 Å². The van der Waals surface area contributed by atoms with E-state index in [-0.39, 0.29) is 12.3 Å². The summed E-state index contributed by atoms with van der Waals surface area (Å²) in [5, 5.41) is 6.17. The van der Waals surface area contributed by atoms with Crippen LogP contribution in [0.15, 0.2) is 58.3 Å². The second-order valence-electron chi connectivity index (χ2n) is 6.33. The SMILES string of the molecule is CCOc1ccc(CC(=O)Nc2nc(-c3cc4cccc(OC)c4o3)cs2)cc1. The van der Waals surface area contributed by atoms with Crippen molar-refractivity contribution in [2.45, 2.75) is 13.3 Å². The molecule has 0 saturated carbocycles. The third kappa shape index (κ3) is 4.25. The summed E-state index contributed by atoms with van der Waals surface area (Å²) in [6.45, 7) is 2.55. The Kier molecular flexibility index (Phi) is 5.48. The molecule has 7 heteroatoms. The van der Waals surface area contributed by atoms with Crippen LogP contribution < -0.4 is 14.8 Å². The third-order valence-corrected chi connectivity index (χ3v) is 5.09. The average molecular weight is 408 g/mol. The van der Waals surface area contributed by atoms with Crippen molar-refractivity contribution in [3.8, 4) is 23.0 Å². The number of fused-ring (bicyclic) bond motifs is 1. The van der Waals surface area contributed by atoms with Gasteiger partial charge in [-0.2, -0.15) is 0 Å². The number of anilines is 1. The number of nitrogens with one attached hydrogen (secondary N) is 1. The number of benzene rings is 2. The molecule has 0 bridgehead atoms. The van der Waals surface area contributed by atoms with E-state index in [2.05, 4.69) is 10.3 Å². The van der Waals surface area contributed by atoms with Gasteiger partial charge in [0, 0.05) is 10.8 Å². The highest BCUT2D eigenvalue weighted by Gasteiger charge is 2.14.